The molecule has 0 bridgehead atoms. The number of benzene rings is 1. The van der Waals surface area contributed by atoms with E-state index in [9.17, 15) is 9.90 Å². The lowest BCUT2D eigenvalue weighted by atomic mass is 9.89. The van der Waals surface area contributed by atoms with Gasteiger partial charge in [-0.15, -0.1) is 11.3 Å². The van der Waals surface area contributed by atoms with Crippen molar-refractivity contribution in [2.75, 3.05) is 6.61 Å². The lowest BCUT2D eigenvalue weighted by molar-refractivity contribution is 0.000719. The maximum absolute atomic E-state index is 11.9. The van der Waals surface area contributed by atoms with Crippen LogP contribution in [0.25, 0.3) is 20.7 Å². The number of ether oxygens (including phenoxy) is 1. The molecule has 0 radical (unpaired) electrons. The van der Waals surface area contributed by atoms with Crippen molar-refractivity contribution in [3.63, 3.8) is 0 Å². The van der Waals surface area contributed by atoms with Gasteiger partial charge in [-0.1, -0.05) is 35.9 Å². The number of aromatic nitrogens is 1. The zero-order valence-corrected chi connectivity index (χ0v) is 19.7. The van der Waals surface area contributed by atoms with Crippen LogP contribution in [-0.2, 0) is 4.74 Å². The number of fused-ring (bicyclic) bond motifs is 1. The van der Waals surface area contributed by atoms with Crippen molar-refractivity contribution in [1.29, 1.82) is 0 Å². The van der Waals surface area contributed by atoms with Crippen LogP contribution in [0.2, 0.25) is 5.02 Å². The molecule has 1 aliphatic rings. The number of halogens is 1. The summed E-state index contributed by atoms with van der Waals surface area (Å²) in [5.41, 5.74) is 2.79. The Bertz CT molecular complexity index is 1110. The molecule has 2 aromatic heterocycles. The van der Waals surface area contributed by atoms with E-state index in [1.165, 1.54) is 10.5 Å². The van der Waals surface area contributed by atoms with Gasteiger partial charge in [0.05, 0.1) is 34.0 Å². The number of hydrogen-bond acceptors (Lipinski definition) is 4. The van der Waals surface area contributed by atoms with Crippen LogP contribution >= 0.6 is 22.9 Å². The number of pyridine rings is 1. The number of hydrogen-bond donors (Lipinski definition) is 1. The van der Waals surface area contributed by atoms with Crippen LogP contribution < -0.4 is 0 Å². The first-order chi connectivity index (χ1) is 14.7. The highest BCUT2D eigenvalue weighted by atomic mass is 35.5. The first kappa shape index (κ1) is 22.1. The normalized spacial score (nSPS) is 20.2. The molecule has 7 heteroatoms. The molecule has 1 aromatic carbocycles. The van der Waals surface area contributed by atoms with Crippen molar-refractivity contribution in [1.82, 2.24) is 9.88 Å². The Morgan fingerprint density at radius 1 is 1.32 bits per heavy atom. The van der Waals surface area contributed by atoms with Gasteiger partial charge in [0.1, 0.15) is 0 Å². The molecule has 0 aliphatic carbocycles. The first-order valence-electron chi connectivity index (χ1n) is 10.4. The van der Waals surface area contributed by atoms with Crippen molar-refractivity contribution in [3.05, 3.63) is 53.2 Å². The summed E-state index contributed by atoms with van der Waals surface area (Å²) in [6.07, 6.45) is 1.45. The van der Waals surface area contributed by atoms with E-state index in [2.05, 4.69) is 23.2 Å². The smallest absolute Gasteiger partial charge is 0.408 e. The van der Waals surface area contributed by atoms with Gasteiger partial charge in [-0.2, -0.15) is 0 Å². The third-order valence-electron chi connectivity index (χ3n) is 5.93. The van der Waals surface area contributed by atoms with Crippen molar-refractivity contribution in [3.8, 4) is 10.4 Å². The molecule has 164 valence electrons. The number of carbonyl (C=O) groups is 1. The molecular formula is C24H27ClN2O3S. The second kappa shape index (κ2) is 8.41. The highest BCUT2D eigenvalue weighted by molar-refractivity contribution is 7.22. The summed E-state index contributed by atoms with van der Waals surface area (Å²) in [6.45, 7) is 8.27. The van der Waals surface area contributed by atoms with E-state index in [1.807, 2.05) is 45.9 Å². The summed E-state index contributed by atoms with van der Waals surface area (Å²) in [5.74, 6) is 0.202. The van der Waals surface area contributed by atoms with Crippen molar-refractivity contribution >= 4 is 39.2 Å². The van der Waals surface area contributed by atoms with Gasteiger partial charge in [-0.3, -0.25) is 9.88 Å². The first-order valence-corrected chi connectivity index (χ1v) is 11.6. The fraction of sp³-hybridized carbons (Fsp3) is 0.417. The molecule has 4 rings (SSSR count). The van der Waals surface area contributed by atoms with Crippen LogP contribution in [-0.4, -0.2) is 45.4 Å². The van der Waals surface area contributed by atoms with Gasteiger partial charge >= 0.3 is 6.09 Å². The fourth-order valence-electron chi connectivity index (χ4n) is 4.56. The van der Waals surface area contributed by atoms with Crippen molar-refractivity contribution < 1.29 is 14.6 Å². The molecule has 31 heavy (non-hydrogen) atoms. The molecule has 0 spiro atoms. The number of thiophene rings is 1. The summed E-state index contributed by atoms with van der Waals surface area (Å²) in [4.78, 5) is 19.0. The molecule has 1 fully saturated rings. The van der Waals surface area contributed by atoms with Gasteiger partial charge in [-0.25, -0.2) is 4.79 Å². The molecule has 1 saturated heterocycles. The van der Waals surface area contributed by atoms with E-state index in [0.717, 1.165) is 27.1 Å². The van der Waals surface area contributed by atoms with Crippen LogP contribution in [0.5, 0.6) is 0 Å². The fourth-order valence-corrected chi connectivity index (χ4v) is 5.90. The van der Waals surface area contributed by atoms with E-state index in [0.29, 0.717) is 11.6 Å². The molecule has 1 amide bonds. The van der Waals surface area contributed by atoms with Gasteiger partial charge in [0.2, 0.25) is 0 Å². The van der Waals surface area contributed by atoms with Gasteiger partial charge in [-0.05, 0) is 57.4 Å². The highest BCUT2D eigenvalue weighted by Crippen LogP contribution is 2.42. The molecule has 0 saturated carbocycles. The van der Waals surface area contributed by atoms with Crippen molar-refractivity contribution in [2.24, 2.45) is 0 Å². The minimum atomic E-state index is -0.915. The highest BCUT2D eigenvalue weighted by Gasteiger charge is 2.39. The number of rotatable bonds is 4. The van der Waals surface area contributed by atoms with Crippen LogP contribution in [0.15, 0.2) is 42.6 Å². The third kappa shape index (κ3) is 4.29. The van der Waals surface area contributed by atoms with Crippen LogP contribution in [0.1, 0.15) is 45.6 Å². The molecular weight excluding hydrogens is 432 g/mol. The van der Waals surface area contributed by atoms with E-state index in [1.54, 1.807) is 17.5 Å². The van der Waals surface area contributed by atoms with Crippen LogP contribution in [0, 0.1) is 0 Å². The molecule has 3 aromatic rings. The SMILES string of the molecule is CC(C1CC(c2ccccc2-c2cc3nccc(Cl)c3s2)CO1)N(C(=O)O)C(C)(C)C. The molecule has 1 N–H and O–H groups in total. The number of carboxylic acid groups (broad SMARTS) is 1. The quantitative estimate of drug-likeness (QED) is 0.475. The Labute approximate surface area is 191 Å². The van der Waals surface area contributed by atoms with Gasteiger partial charge in [0.25, 0.3) is 0 Å². The van der Waals surface area contributed by atoms with Crippen molar-refractivity contribution in [2.45, 2.75) is 57.7 Å². The summed E-state index contributed by atoms with van der Waals surface area (Å²) in [5, 5.41) is 10.5. The Kier molecular flexibility index (Phi) is 5.99. The maximum Gasteiger partial charge on any atom is 0.408 e. The minimum Gasteiger partial charge on any atom is -0.465 e. The molecule has 1 aliphatic heterocycles. The summed E-state index contributed by atoms with van der Waals surface area (Å²) >= 11 is 8.02. The predicted molar refractivity (Wildman–Crippen MR) is 126 cm³/mol. The molecule has 3 unspecified atom stereocenters. The topological polar surface area (TPSA) is 62.7 Å². The minimum absolute atomic E-state index is 0.146. The van der Waals surface area contributed by atoms with E-state index < -0.39 is 11.6 Å². The van der Waals surface area contributed by atoms with E-state index in [-0.39, 0.29) is 18.1 Å². The molecule has 3 atom stereocenters. The van der Waals surface area contributed by atoms with Crippen LogP contribution in [0.4, 0.5) is 4.79 Å². The third-order valence-corrected chi connectivity index (χ3v) is 7.55. The van der Waals surface area contributed by atoms with Gasteiger partial charge in [0, 0.05) is 22.5 Å². The van der Waals surface area contributed by atoms with Gasteiger partial charge in [0.15, 0.2) is 0 Å². The maximum atomic E-state index is 11.9. The second-order valence-electron chi connectivity index (χ2n) is 9.07. The Morgan fingerprint density at radius 2 is 2.06 bits per heavy atom. The summed E-state index contributed by atoms with van der Waals surface area (Å²) in [6, 6.07) is 12.0. The van der Waals surface area contributed by atoms with Crippen LogP contribution in [0.3, 0.4) is 0 Å². The lowest BCUT2D eigenvalue weighted by Crippen LogP contribution is -2.54. The van der Waals surface area contributed by atoms with Gasteiger partial charge < -0.3 is 9.84 Å². The second-order valence-corrected chi connectivity index (χ2v) is 10.5. The zero-order chi connectivity index (χ0) is 22.3. The summed E-state index contributed by atoms with van der Waals surface area (Å²) < 4.78 is 7.13. The standard InChI is InChI=1S/C24H27ClN2O3S/c1-14(27(23(28)29)24(2,3)4)20-11-15(13-30-20)16-7-5-6-8-17(16)21-12-19-22(31-21)18(25)9-10-26-19/h5-10,12,14-15,20H,11,13H2,1-4H3,(H,28,29). The number of nitrogens with zero attached hydrogens (tertiary/aromatic N) is 2. The average Bonchev–Trinajstić information content (AvgIpc) is 3.35. The Morgan fingerprint density at radius 3 is 2.74 bits per heavy atom. The molecule has 5 nitrogen and oxygen atoms in total. The monoisotopic (exact) mass is 458 g/mol. The Balaban J connectivity index is 1.62. The summed E-state index contributed by atoms with van der Waals surface area (Å²) in [7, 11) is 0. The lowest BCUT2D eigenvalue weighted by Gasteiger charge is -2.40. The largest absolute Gasteiger partial charge is 0.465 e. The van der Waals surface area contributed by atoms with E-state index >= 15 is 0 Å². The van der Waals surface area contributed by atoms with E-state index in [4.69, 9.17) is 16.3 Å². The molecule has 3 heterocycles. The number of amides is 1. The predicted octanol–water partition coefficient (Wildman–Crippen LogP) is 6.66. The average molecular weight is 459 g/mol. The zero-order valence-electron chi connectivity index (χ0n) is 18.1. The Hall–Kier alpha value is -2.15.